The number of anilines is 2. The average Bonchev–Trinajstić information content (AvgIpc) is 3.24. The number of nitrogens with one attached hydrogen (secondary N) is 1. The quantitative estimate of drug-likeness (QED) is 0.209. The number of hydrogen-bond acceptors (Lipinski definition) is 11. The standard InChI is InChI=1S/C25H31N9O4S.Na/c1-6-33(12-7-13-39(36,37)38)18-8-9-20(21(14-18)29-17(2)35)30-31-24-19(15-26)23(25(3,4)5)32-34(24)22-16-27-10-11-28-22;/h8-11,14,16H,6-7,12-13H2,1-5H3,(H,29,35)(H,36,37,38);/q;+1/p-1. The molecule has 1 amide bonds. The zero-order valence-electron chi connectivity index (χ0n) is 23.4. The second kappa shape index (κ2) is 13.9. The molecule has 1 N–H and O–H groups in total. The molecule has 0 aliphatic carbocycles. The van der Waals surface area contributed by atoms with Crippen LogP contribution in [0.1, 0.15) is 52.3 Å². The maximum atomic E-state index is 12.0. The molecule has 2 heterocycles. The van der Waals surface area contributed by atoms with Crippen LogP contribution in [0.5, 0.6) is 0 Å². The minimum absolute atomic E-state index is 0. The van der Waals surface area contributed by atoms with Crippen molar-refractivity contribution in [1.29, 1.82) is 5.26 Å². The van der Waals surface area contributed by atoms with E-state index in [0.717, 1.165) is 0 Å². The Balaban J connectivity index is 0.00000560. The maximum Gasteiger partial charge on any atom is 1.00 e. The normalized spacial score (nSPS) is 11.6. The van der Waals surface area contributed by atoms with Gasteiger partial charge in [-0.15, -0.1) is 10.2 Å². The fourth-order valence-electron chi connectivity index (χ4n) is 3.79. The maximum absolute atomic E-state index is 12.0. The number of azo groups is 1. The first-order chi connectivity index (χ1) is 18.3. The molecule has 0 fully saturated rings. The van der Waals surface area contributed by atoms with Crippen LogP contribution in [-0.2, 0) is 20.3 Å². The number of carbonyl (C=O) groups excluding carboxylic acids is 1. The summed E-state index contributed by atoms with van der Waals surface area (Å²) in [5, 5.41) is 26.0. The van der Waals surface area contributed by atoms with Crippen LogP contribution in [0.15, 0.2) is 47.0 Å². The summed E-state index contributed by atoms with van der Waals surface area (Å²) >= 11 is 0. The van der Waals surface area contributed by atoms with Crippen molar-refractivity contribution in [3.63, 3.8) is 0 Å². The van der Waals surface area contributed by atoms with Crippen LogP contribution in [0.3, 0.4) is 0 Å². The number of rotatable bonds is 10. The van der Waals surface area contributed by atoms with Crippen molar-refractivity contribution in [2.24, 2.45) is 10.2 Å². The number of nitriles is 1. The van der Waals surface area contributed by atoms with E-state index in [4.69, 9.17) is 0 Å². The molecule has 0 aliphatic rings. The predicted octanol–water partition coefficient (Wildman–Crippen LogP) is 0.971. The molecule has 2 aromatic heterocycles. The zero-order valence-corrected chi connectivity index (χ0v) is 26.2. The van der Waals surface area contributed by atoms with Gasteiger partial charge in [-0.2, -0.15) is 15.0 Å². The van der Waals surface area contributed by atoms with Crippen LogP contribution in [0, 0.1) is 11.3 Å². The van der Waals surface area contributed by atoms with Gasteiger partial charge < -0.3 is 14.8 Å². The van der Waals surface area contributed by atoms with Crippen molar-refractivity contribution in [2.45, 2.75) is 46.5 Å². The van der Waals surface area contributed by atoms with Gasteiger partial charge in [0, 0.05) is 49.3 Å². The third-order valence-electron chi connectivity index (χ3n) is 5.56. The van der Waals surface area contributed by atoms with E-state index in [1.54, 1.807) is 18.2 Å². The monoisotopic (exact) mass is 575 g/mol. The van der Waals surface area contributed by atoms with Crippen molar-refractivity contribution in [3.8, 4) is 11.9 Å². The van der Waals surface area contributed by atoms with Crippen LogP contribution in [-0.4, -0.2) is 57.5 Å². The molecular weight excluding hydrogens is 545 g/mol. The molecule has 0 saturated carbocycles. The molecule has 0 bridgehead atoms. The van der Waals surface area contributed by atoms with Gasteiger partial charge in [0.15, 0.2) is 11.6 Å². The number of carbonyl (C=O) groups is 1. The van der Waals surface area contributed by atoms with Crippen LogP contribution in [0.25, 0.3) is 5.82 Å². The average molecular weight is 576 g/mol. The fourth-order valence-corrected chi connectivity index (χ4v) is 4.27. The van der Waals surface area contributed by atoms with E-state index in [1.165, 1.54) is 30.2 Å². The minimum Gasteiger partial charge on any atom is -0.748 e. The molecule has 206 valence electrons. The first kappa shape index (κ1) is 33.0. The van der Waals surface area contributed by atoms with Crippen molar-refractivity contribution < 1.29 is 47.3 Å². The third kappa shape index (κ3) is 8.64. The molecule has 0 radical (unpaired) electrons. The molecular formula is C25H30N9NaO4S. The SMILES string of the molecule is CCN(CCCS(=O)(=O)[O-])c1ccc(N=Nc2c(C#N)c(C(C)(C)C)nn2-c2cnccn2)c(NC(C)=O)c1.[Na+]. The Morgan fingerprint density at radius 2 is 1.98 bits per heavy atom. The Morgan fingerprint density at radius 1 is 1.25 bits per heavy atom. The molecule has 15 heteroatoms. The summed E-state index contributed by atoms with van der Waals surface area (Å²) in [4.78, 5) is 22.2. The van der Waals surface area contributed by atoms with E-state index in [-0.39, 0.29) is 53.3 Å². The van der Waals surface area contributed by atoms with Gasteiger partial charge in [-0.05, 0) is 31.5 Å². The third-order valence-corrected chi connectivity index (χ3v) is 6.35. The van der Waals surface area contributed by atoms with E-state index in [9.17, 15) is 23.0 Å². The van der Waals surface area contributed by atoms with E-state index in [0.29, 0.717) is 41.7 Å². The summed E-state index contributed by atoms with van der Waals surface area (Å²) in [5.74, 6) is -0.281. The van der Waals surface area contributed by atoms with Gasteiger partial charge in [0.25, 0.3) is 0 Å². The largest absolute Gasteiger partial charge is 1.00 e. The molecule has 3 aromatic rings. The van der Waals surface area contributed by atoms with Crippen LogP contribution < -0.4 is 39.8 Å². The van der Waals surface area contributed by atoms with E-state index >= 15 is 0 Å². The molecule has 3 rings (SSSR count). The topological polar surface area (TPSA) is 182 Å². The summed E-state index contributed by atoms with van der Waals surface area (Å²) in [6.45, 7) is 9.90. The van der Waals surface area contributed by atoms with Crippen molar-refractivity contribution >= 4 is 38.9 Å². The summed E-state index contributed by atoms with van der Waals surface area (Å²) < 4.78 is 34.4. The summed E-state index contributed by atoms with van der Waals surface area (Å²) in [7, 11) is -4.31. The molecule has 13 nitrogen and oxygen atoms in total. The van der Waals surface area contributed by atoms with Crippen LogP contribution in [0.4, 0.5) is 22.9 Å². The second-order valence-electron chi connectivity index (χ2n) is 9.66. The molecule has 0 aliphatic heterocycles. The second-order valence-corrected chi connectivity index (χ2v) is 11.2. The van der Waals surface area contributed by atoms with Gasteiger partial charge in [-0.1, -0.05) is 20.8 Å². The zero-order chi connectivity index (χ0) is 28.8. The first-order valence-electron chi connectivity index (χ1n) is 12.2. The summed E-state index contributed by atoms with van der Waals surface area (Å²) in [6, 6.07) is 7.27. The van der Waals surface area contributed by atoms with Gasteiger partial charge in [0.1, 0.15) is 17.3 Å². The number of hydrogen-bond donors (Lipinski definition) is 1. The first-order valence-corrected chi connectivity index (χ1v) is 13.7. The predicted molar refractivity (Wildman–Crippen MR) is 145 cm³/mol. The van der Waals surface area contributed by atoms with Gasteiger partial charge in [0.2, 0.25) is 5.91 Å². The Morgan fingerprint density at radius 3 is 2.52 bits per heavy atom. The van der Waals surface area contributed by atoms with Gasteiger partial charge in [0.05, 0.1) is 27.7 Å². The van der Waals surface area contributed by atoms with Crippen molar-refractivity contribution in [3.05, 3.63) is 48.0 Å². The fraction of sp³-hybridized carbons (Fsp3) is 0.400. The van der Waals surface area contributed by atoms with Gasteiger partial charge in [-0.3, -0.25) is 9.78 Å². The van der Waals surface area contributed by atoms with E-state index in [1.807, 2.05) is 32.6 Å². The van der Waals surface area contributed by atoms with Gasteiger partial charge >= 0.3 is 29.6 Å². The molecule has 0 atom stereocenters. The van der Waals surface area contributed by atoms with Gasteiger partial charge in [-0.25, -0.2) is 13.4 Å². The summed E-state index contributed by atoms with van der Waals surface area (Å²) in [6.07, 6.45) is 4.68. The van der Waals surface area contributed by atoms with Crippen LogP contribution >= 0.6 is 0 Å². The molecule has 1 aromatic carbocycles. The molecule has 0 unspecified atom stereocenters. The number of nitrogens with zero attached hydrogens (tertiary/aromatic N) is 8. The Hall–Kier alpha value is -3.22. The molecule has 0 spiro atoms. The number of benzene rings is 1. The Bertz CT molecular complexity index is 1510. The Labute approximate surface area is 255 Å². The number of aromatic nitrogens is 4. The van der Waals surface area contributed by atoms with Crippen molar-refractivity contribution in [1.82, 2.24) is 19.7 Å². The number of amides is 1. The Kier molecular flexibility index (Phi) is 11.5. The van der Waals surface area contributed by atoms with Crippen LogP contribution in [0.2, 0.25) is 0 Å². The van der Waals surface area contributed by atoms with E-state index in [2.05, 4.69) is 36.7 Å². The minimum atomic E-state index is -4.31. The molecule has 40 heavy (non-hydrogen) atoms. The van der Waals surface area contributed by atoms with Crippen molar-refractivity contribution in [2.75, 3.05) is 29.1 Å². The molecule has 0 saturated heterocycles. The smallest absolute Gasteiger partial charge is 0.748 e. The summed E-state index contributed by atoms with van der Waals surface area (Å²) in [5.41, 5.74) is 1.65. The van der Waals surface area contributed by atoms with E-state index < -0.39 is 21.3 Å².